The zero-order valence-electron chi connectivity index (χ0n) is 11.8. The standard InChI is InChI=1S/C17H18N2O2/c20-17(13-21-15-5-2-1-3-6-15)19-12-4-7-16(19)14-8-10-18-11-9-14/h1-3,5-6,8-11,16H,4,7,12-13H2/t16-/m1/s1. The summed E-state index contributed by atoms with van der Waals surface area (Å²) in [5, 5.41) is 0. The lowest BCUT2D eigenvalue weighted by atomic mass is 10.1. The molecule has 3 rings (SSSR count). The first-order valence-corrected chi connectivity index (χ1v) is 7.22. The molecule has 0 radical (unpaired) electrons. The molecule has 0 unspecified atom stereocenters. The predicted molar refractivity (Wildman–Crippen MR) is 79.9 cm³/mol. The molecule has 1 amide bonds. The molecular formula is C17H18N2O2. The van der Waals surface area contributed by atoms with E-state index in [9.17, 15) is 4.79 Å². The highest BCUT2D eigenvalue weighted by Gasteiger charge is 2.29. The molecule has 1 aromatic heterocycles. The van der Waals surface area contributed by atoms with Crippen LogP contribution in [-0.4, -0.2) is 28.9 Å². The molecule has 0 saturated carbocycles. The molecule has 1 aromatic carbocycles. The zero-order chi connectivity index (χ0) is 14.5. The molecule has 2 heterocycles. The van der Waals surface area contributed by atoms with Gasteiger partial charge >= 0.3 is 0 Å². The smallest absolute Gasteiger partial charge is 0.261 e. The Balaban J connectivity index is 1.64. The number of ether oxygens (including phenoxy) is 1. The minimum absolute atomic E-state index is 0.0400. The van der Waals surface area contributed by atoms with Crippen LogP contribution in [0.4, 0.5) is 0 Å². The summed E-state index contributed by atoms with van der Waals surface area (Å²) < 4.78 is 5.56. The Kier molecular flexibility index (Phi) is 4.15. The van der Waals surface area contributed by atoms with E-state index in [2.05, 4.69) is 4.98 Å². The molecule has 4 heteroatoms. The highest BCUT2D eigenvalue weighted by atomic mass is 16.5. The van der Waals surface area contributed by atoms with E-state index >= 15 is 0 Å². The molecule has 0 N–H and O–H groups in total. The van der Waals surface area contributed by atoms with Crippen molar-refractivity contribution in [2.45, 2.75) is 18.9 Å². The first kappa shape index (κ1) is 13.6. The molecule has 108 valence electrons. The third kappa shape index (κ3) is 3.21. The summed E-state index contributed by atoms with van der Waals surface area (Å²) in [6.07, 6.45) is 5.58. The number of amides is 1. The van der Waals surface area contributed by atoms with Gasteiger partial charge in [0.25, 0.3) is 5.91 Å². The summed E-state index contributed by atoms with van der Waals surface area (Å²) in [5.41, 5.74) is 1.15. The molecule has 0 bridgehead atoms. The SMILES string of the molecule is O=C(COc1ccccc1)N1CCC[C@@H]1c1ccncc1. The monoisotopic (exact) mass is 282 g/mol. The molecule has 4 nitrogen and oxygen atoms in total. The van der Waals surface area contributed by atoms with Crippen LogP contribution in [0.1, 0.15) is 24.4 Å². The van der Waals surface area contributed by atoms with Crippen LogP contribution in [0.2, 0.25) is 0 Å². The Morgan fingerprint density at radius 1 is 1.19 bits per heavy atom. The van der Waals surface area contributed by atoms with Gasteiger partial charge in [0.2, 0.25) is 0 Å². The number of para-hydroxylation sites is 1. The largest absolute Gasteiger partial charge is 0.484 e. The summed E-state index contributed by atoms with van der Waals surface area (Å²) in [5.74, 6) is 0.767. The Labute approximate surface area is 124 Å². The Morgan fingerprint density at radius 3 is 2.71 bits per heavy atom. The van der Waals surface area contributed by atoms with E-state index in [1.807, 2.05) is 47.4 Å². The minimum Gasteiger partial charge on any atom is -0.484 e. The maximum absolute atomic E-state index is 12.4. The van der Waals surface area contributed by atoms with Crippen molar-refractivity contribution in [2.75, 3.05) is 13.2 Å². The van der Waals surface area contributed by atoms with E-state index in [1.54, 1.807) is 12.4 Å². The van der Waals surface area contributed by atoms with E-state index in [0.717, 1.165) is 30.7 Å². The van der Waals surface area contributed by atoms with E-state index < -0.39 is 0 Å². The molecule has 21 heavy (non-hydrogen) atoms. The molecule has 2 aromatic rings. The summed E-state index contributed by atoms with van der Waals surface area (Å²) in [7, 11) is 0. The van der Waals surface area contributed by atoms with Gasteiger partial charge in [-0.15, -0.1) is 0 Å². The number of pyridine rings is 1. The number of hydrogen-bond acceptors (Lipinski definition) is 3. The van der Waals surface area contributed by atoms with Gasteiger partial charge in [-0.05, 0) is 42.7 Å². The highest BCUT2D eigenvalue weighted by Crippen LogP contribution is 2.31. The molecule has 0 spiro atoms. The average Bonchev–Trinajstić information content (AvgIpc) is 3.04. The van der Waals surface area contributed by atoms with Gasteiger partial charge in [-0.25, -0.2) is 0 Å². The van der Waals surface area contributed by atoms with Crippen molar-refractivity contribution in [3.8, 4) is 5.75 Å². The van der Waals surface area contributed by atoms with Gasteiger partial charge in [-0.1, -0.05) is 18.2 Å². The van der Waals surface area contributed by atoms with Crippen molar-refractivity contribution < 1.29 is 9.53 Å². The maximum Gasteiger partial charge on any atom is 0.261 e. The van der Waals surface area contributed by atoms with Crippen molar-refractivity contribution >= 4 is 5.91 Å². The van der Waals surface area contributed by atoms with Crippen LogP contribution >= 0.6 is 0 Å². The fourth-order valence-electron chi connectivity index (χ4n) is 2.74. The van der Waals surface area contributed by atoms with Gasteiger partial charge in [0.1, 0.15) is 5.75 Å². The normalized spacial score (nSPS) is 17.7. The fraction of sp³-hybridized carbons (Fsp3) is 0.294. The van der Waals surface area contributed by atoms with E-state index in [-0.39, 0.29) is 18.6 Å². The van der Waals surface area contributed by atoms with Gasteiger partial charge in [-0.3, -0.25) is 9.78 Å². The predicted octanol–water partition coefficient (Wildman–Crippen LogP) is 2.82. The van der Waals surface area contributed by atoms with Gasteiger partial charge in [-0.2, -0.15) is 0 Å². The van der Waals surface area contributed by atoms with Crippen LogP contribution < -0.4 is 4.74 Å². The lowest BCUT2D eigenvalue weighted by Crippen LogP contribution is -2.34. The van der Waals surface area contributed by atoms with Crippen LogP contribution in [0, 0.1) is 0 Å². The van der Waals surface area contributed by atoms with Gasteiger partial charge in [0.05, 0.1) is 6.04 Å². The van der Waals surface area contributed by atoms with Crippen molar-refractivity contribution in [1.82, 2.24) is 9.88 Å². The van der Waals surface area contributed by atoms with Crippen LogP contribution in [0.3, 0.4) is 0 Å². The molecule has 1 atom stereocenters. The maximum atomic E-state index is 12.4. The molecular weight excluding hydrogens is 264 g/mol. The first-order chi connectivity index (χ1) is 10.3. The van der Waals surface area contributed by atoms with Crippen molar-refractivity contribution in [3.05, 3.63) is 60.4 Å². The number of benzene rings is 1. The van der Waals surface area contributed by atoms with E-state index in [1.165, 1.54) is 0 Å². The summed E-state index contributed by atoms with van der Waals surface area (Å²) in [6.45, 7) is 0.884. The highest BCUT2D eigenvalue weighted by molar-refractivity contribution is 5.78. The Hall–Kier alpha value is -2.36. The first-order valence-electron chi connectivity index (χ1n) is 7.22. The third-order valence-corrected chi connectivity index (χ3v) is 3.77. The lowest BCUT2D eigenvalue weighted by molar-refractivity contribution is -0.134. The summed E-state index contributed by atoms with van der Waals surface area (Å²) in [6, 6.07) is 13.6. The molecule has 1 fully saturated rings. The number of hydrogen-bond donors (Lipinski definition) is 0. The minimum atomic E-state index is 0.0400. The number of nitrogens with zero attached hydrogens (tertiary/aromatic N) is 2. The third-order valence-electron chi connectivity index (χ3n) is 3.77. The average molecular weight is 282 g/mol. The van der Waals surface area contributed by atoms with Crippen LogP contribution in [0.5, 0.6) is 5.75 Å². The van der Waals surface area contributed by atoms with Gasteiger partial charge in [0, 0.05) is 18.9 Å². The number of aromatic nitrogens is 1. The molecule has 1 saturated heterocycles. The quantitative estimate of drug-likeness (QED) is 0.866. The number of likely N-dealkylation sites (tertiary alicyclic amines) is 1. The van der Waals surface area contributed by atoms with E-state index in [4.69, 9.17) is 4.74 Å². The second-order valence-corrected chi connectivity index (χ2v) is 5.13. The molecule has 1 aliphatic heterocycles. The second-order valence-electron chi connectivity index (χ2n) is 5.13. The van der Waals surface area contributed by atoms with Crippen molar-refractivity contribution in [3.63, 3.8) is 0 Å². The summed E-state index contributed by atoms with van der Waals surface area (Å²) >= 11 is 0. The molecule has 1 aliphatic rings. The van der Waals surface area contributed by atoms with Crippen LogP contribution in [-0.2, 0) is 4.79 Å². The van der Waals surface area contributed by atoms with E-state index in [0.29, 0.717) is 0 Å². The number of rotatable bonds is 4. The lowest BCUT2D eigenvalue weighted by Gasteiger charge is -2.25. The van der Waals surface area contributed by atoms with Crippen molar-refractivity contribution in [1.29, 1.82) is 0 Å². The Bertz CT molecular complexity index is 586. The van der Waals surface area contributed by atoms with Crippen LogP contribution in [0.15, 0.2) is 54.9 Å². The molecule has 0 aliphatic carbocycles. The number of carbonyl (C=O) groups is 1. The van der Waals surface area contributed by atoms with Gasteiger partial charge < -0.3 is 9.64 Å². The topological polar surface area (TPSA) is 42.4 Å². The zero-order valence-corrected chi connectivity index (χ0v) is 11.8. The summed E-state index contributed by atoms with van der Waals surface area (Å²) in [4.78, 5) is 18.3. The van der Waals surface area contributed by atoms with Crippen molar-refractivity contribution in [2.24, 2.45) is 0 Å². The Morgan fingerprint density at radius 2 is 1.95 bits per heavy atom. The van der Waals surface area contributed by atoms with Gasteiger partial charge in [0.15, 0.2) is 6.61 Å². The number of carbonyl (C=O) groups excluding carboxylic acids is 1. The fourth-order valence-corrected chi connectivity index (χ4v) is 2.74. The second kappa shape index (κ2) is 6.39. The van der Waals surface area contributed by atoms with Crippen LogP contribution in [0.25, 0.3) is 0 Å².